The number of aromatic amines is 1. The number of nitrogens with one attached hydrogen (secondary N) is 2. The molecule has 1 saturated heterocycles. The minimum absolute atomic E-state index is 0.157. The number of hydrogen-bond donors (Lipinski definition) is 3. The number of carbonyl (C=O) groups is 2. The van der Waals surface area contributed by atoms with Crippen molar-refractivity contribution in [3.63, 3.8) is 0 Å². The van der Waals surface area contributed by atoms with E-state index in [0.717, 1.165) is 17.1 Å². The maximum atomic E-state index is 12.6. The molecule has 0 atom stereocenters. The Morgan fingerprint density at radius 3 is 2.79 bits per heavy atom. The van der Waals surface area contributed by atoms with Crippen LogP contribution in [-0.4, -0.2) is 58.1 Å². The Morgan fingerprint density at radius 1 is 1.21 bits per heavy atom. The first-order chi connectivity index (χ1) is 13.7. The molecule has 0 saturated carbocycles. The van der Waals surface area contributed by atoms with Crippen LogP contribution in [-0.2, 0) is 11.2 Å². The summed E-state index contributed by atoms with van der Waals surface area (Å²) >= 11 is 1.23. The molecule has 9 heteroatoms. The Balaban J connectivity index is 1.30. The van der Waals surface area contributed by atoms with E-state index in [1.165, 1.54) is 28.5 Å². The zero-order valence-electron chi connectivity index (χ0n) is 15.2. The Morgan fingerprint density at radius 2 is 2.00 bits per heavy atom. The first-order valence-corrected chi connectivity index (χ1v) is 9.95. The number of para-hydroxylation sites is 1. The van der Waals surface area contributed by atoms with Crippen molar-refractivity contribution < 1.29 is 14.8 Å². The van der Waals surface area contributed by atoms with E-state index < -0.39 is 5.91 Å². The van der Waals surface area contributed by atoms with Gasteiger partial charge in [-0.1, -0.05) is 29.5 Å². The van der Waals surface area contributed by atoms with E-state index in [1.807, 2.05) is 29.3 Å². The molecule has 0 aliphatic carbocycles. The second-order valence-electron chi connectivity index (χ2n) is 6.68. The van der Waals surface area contributed by atoms with Crippen LogP contribution in [0.5, 0.6) is 0 Å². The lowest BCUT2D eigenvalue weighted by Crippen LogP contribution is -2.48. The number of H-pyrrole nitrogens is 1. The van der Waals surface area contributed by atoms with Crippen LogP contribution in [0.25, 0.3) is 10.9 Å². The van der Waals surface area contributed by atoms with Gasteiger partial charge >= 0.3 is 0 Å². The fourth-order valence-electron chi connectivity index (χ4n) is 3.46. The lowest BCUT2D eigenvalue weighted by molar-refractivity contribution is -0.131. The van der Waals surface area contributed by atoms with E-state index in [-0.39, 0.29) is 5.91 Å². The second kappa shape index (κ2) is 7.99. The lowest BCUT2D eigenvalue weighted by atomic mass is 10.1. The molecule has 2 amide bonds. The van der Waals surface area contributed by atoms with Gasteiger partial charge in [-0.05, 0) is 18.1 Å². The number of benzene rings is 1. The van der Waals surface area contributed by atoms with Gasteiger partial charge in [-0.2, -0.15) is 0 Å². The van der Waals surface area contributed by atoms with Gasteiger partial charge in [-0.25, -0.2) is 10.5 Å². The Kier molecular flexibility index (Phi) is 5.27. The number of aryl methyl sites for hydroxylation is 1. The molecule has 3 aromatic rings. The molecular weight excluding hydrogens is 378 g/mol. The van der Waals surface area contributed by atoms with Crippen LogP contribution in [0.15, 0.2) is 36.7 Å². The van der Waals surface area contributed by atoms with E-state index >= 15 is 0 Å². The number of amides is 2. The highest BCUT2D eigenvalue weighted by atomic mass is 32.1. The Labute approximate surface area is 165 Å². The van der Waals surface area contributed by atoms with E-state index in [2.05, 4.69) is 20.9 Å². The molecule has 0 unspecified atom stereocenters. The average molecular weight is 399 g/mol. The highest BCUT2D eigenvalue weighted by molar-refractivity contribution is 7.17. The van der Waals surface area contributed by atoms with E-state index in [9.17, 15) is 9.59 Å². The number of rotatable bonds is 5. The normalized spacial score (nSPS) is 14.5. The average Bonchev–Trinajstić information content (AvgIpc) is 3.39. The summed E-state index contributed by atoms with van der Waals surface area (Å²) in [7, 11) is 0. The van der Waals surface area contributed by atoms with Crippen molar-refractivity contribution in [3.8, 4) is 0 Å². The van der Waals surface area contributed by atoms with Crippen molar-refractivity contribution in [3.05, 3.63) is 47.1 Å². The van der Waals surface area contributed by atoms with Crippen molar-refractivity contribution in [2.75, 3.05) is 31.1 Å². The van der Waals surface area contributed by atoms with Gasteiger partial charge < -0.3 is 14.8 Å². The SMILES string of the molecule is O=C(NO)c1cnc(N2CCN(C(=O)CCc3c[nH]c4ccccc34)CC2)s1. The van der Waals surface area contributed by atoms with Crippen molar-refractivity contribution >= 4 is 39.2 Å². The number of aromatic nitrogens is 2. The number of fused-ring (bicyclic) bond motifs is 1. The Bertz CT molecular complexity index is 990. The number of thiazole rings is 1. The summed E-state index contributed by atoms with van der Waals surface area (Å²) in [5.41, 5.74) is 3.87. The summed E-state index contributed by atoms with van der Waals surface area (Å²) in [6, 6.07) is 8.11. The third-order valence-electron chi connectivity index (χ3n) is 5.00. The number of hydrogen-bond acceptors (Lipinski definition) is 6. The number of carbonyl (C=O) groups excluding carboxylic acids is 2. The molecule has 3 N–H and O–H groups in total. The summed E-state index contributed by atoms with van der Waals surface area (Å²) in [5, 5.41) is 10.6. The van der Waals surface area contributed by atoms with E-state index in [1.54, 1.807) is 5.48 Å². The summed E-state index contributed by atoms with van der Waals surface area (Å²) < 4.78 is 0. The lowest BCUT2D eigenvalue weighted by Gasteiger charge is -2.34. The number of nitrogens with zero attached hydrogens (tertiary/aromatic N) is 3. The third-order valence-corrected chi connectivity index (χ3v) is 6.06. The molecule has 1 aliphatic rings. The van der Waals surface area contributed by atoms with Crippen LogP contribution in [0.2, 0.25) is 0 Å². The smallest absolute Gasteiger partial charge is 0.286 e. The van der Waals surface area contributed by atoms with Crippen LogP contribution in [0.4, 0.5) is 5.13 Å². The van der Waals surface area contributed by atoms with Crippen LogP contribution in [0.3, 0.4) is 0 Å². The second-order valence-corrected chi connectivity index (χ2v) is 7.68. The van der Waals surface area contributed by atoms with Gasteiger partial charge in [0.1, 0.15) is 4.88 Å². The van der Waals surface area contributed by atoms with Gasteiger partial charge in [-0.15, -0.1) is 0 Å². The van der Waals surface area contributed by atoms with Gasteiger partial charge in [0.05, 0.1) is 6.20 Å². The number of hydroxylamine groups is 1. The first kappa shape index (κ1) is 18.5. The fraction of sp³-hybridized carbons (Fsp3) is 0.316. The molecule has 1 aromatic carbocycles. The highest BCUT2D eigenvalue weighted by Crippen LogP contribution is 2.24. The maximum Gasteiger partial charge on any atom is 0.286 e. The van der Waals surface area contributed by atoms with Gasteiger partial charge in [0.2, 0.25) is 5.91 Å². The third kappa shape index (κ3) is 3.71. The topological polar surface area (TPSA) is 102 Å². The molecule has 2 aromatic heterocycles. The van der Waals surface area contributed by atoms with Gasteiger partial charge in [0.15, 0.2) is 5.13 Å². The van der Waals surface area contributed by atoms with Crippen molar-refractivity contribution in [2.45, 2.75) is 12.8 Å². The van der Waals surface area contributed by atoms with E-state index in [0.29, 0.717) is 37.5 Å². The molecule has 1 fully saturated rings. The molecular formula is C19H21N5O3S. The molecule has 8 nitrogen and oxygen atoms in total. The Hall–Kier alpha value is -2.91. The number of piperazine rings is 1. The zero-order chi connectivity index (χ0) is 19.5. The minimum atomic E-state index is -0.560. The molecule has 1 aliphatic heterocycles. The predicted molar refractivity (Wildman–Crippen MR) is 107 cm³/mol. The standard InChI is InChI=1S/C19H21N5O3S/c25-17(6-5-13-11-20-15-4-2-1-3-14(13)15)23-7-9-24(10-8-23)19-21-12-16(28-19)18(26)22-27/h1-4,11-12,20,27H,5-10H2,(H,22,26). The maximum absolute atomic E-state index is 12.6. The molecule has 0 spiro atoms. The van der Waals surface area contributed by atoms with Gasteiger partial charge in [0.25, 0.3) is 5.91 Å². The quantitative estimate of drug-likeness (QED) is 0.450. The van der Waals surface area contributed by atoms with Crippen molar-refractivity contribution in [1.29, 1.82) is 0 Å². The number of anilines is 1. The van der Waals surface area contributed by atoms with Crippen LogP contribution in [0.1, 0.15) is 21.7 Å². The molecule has 146 valence electrons. The first-order valence-electron chi connectivity index (χ1n) is 9.13. The molecule has 0 bridgehead atoms. The van der Waals surface area contributed by atoms with Crippen LogP contribution in [0, 0.1) is 0 Å². The minimum Gasteiger partial charge on any atom is -0.361 e. The van der Waals surface area contributed by atoms with Crippen LogP contribution >= 0.6 is 11.3 Å². The zero-order valence-corrected chi connectivity index (χ0v) is 16.0. The monoisotopic (exact) mass is 399 g/mol. The molecule has 0 radical (unpaired) electrons. The van der Waals surface area contributed by atoms with E-state index in [4.69, 9.17) is 5.21 Å². The fourth-order valence-corrected chi connectivity index (χ4v) is 4.31. The highest BCUT2D eigenvalue weighted by Gasteiger charge is 2.23. The van der Waals surface area contributed by atoms with Gasteiger partial charge in [0, 0.05) is 49.7 Å². The van der Waals surface area contributed by atoms with Gasteiger partial charge in [-0.3, -0.25) is 14.8 Å². The molecule has 4 rings (SSSR count). The predicted octanol–water partition coefficient (Wildman–Crippen LogP) is 2.02. The molecule has 3 heterocycles. The van der Waals surface area contributed by atoms with Crippen molar-refractivity contribution in [1.82, 2.24) is 20.3 Å². The van der Waals surface area contributed by atoms with Crippen molar-refractivity contribution in [2.24, 2.45) is 0 Å². The summed E-state index contributed by atoms with van der Waals surface area (Å²) in [6.07, 6.45) is 4.64. The summed E-state index contributed by atoms with van der Waals surface area (Å²) in [6.45, 7) is 2.61. The van der Waals surface area contributed by atoms with Crippen LogP contribution < -0.4 is 10.4 Å². The summed E-state index contributed by atoms with van der Waals surface area (Å²) in [5.74, 6) is -0.403. The summed E-state index contributed by atoms with van der Waals surface area (Å²) in [4.78, 5) is 35.8. The molecule has 28 heavy (non-hydrogen) atoms. The largest absolute Gasteiger partial charge is 0.361 e.